The van der Waals surface area contributed by atoms with Crippen molar-refractivity contribution in [3.63, 3.8) is 0 Å². The van der Waals surface area contributed by atoms with E-state index in [1.165, 1.54) is 0 Å². The van der Waals surface area contributed by atoms with Crippen molar-refractivity contribution in [3.05, 3.63) is 55.8 Å². The van der Waals surface area contributed by atoms with Gasteiger partial charge in [0.15, 0.2) is 5.02 Å². The van der Waals surface area contributed by atoms with Gasteiger partial charge in [0, 0.05) is 12.1 Å². The van der Waals surface area contributed by atoms with Crippen LogP contribution in [0, 0.1) is 15.9 Å². The highest BCUT2D eigenvalue weighted by Crippen LogP contribution is 2.32. The van der Waals surface area contributed by atoms with Gasteiger partial charge in [-0.15, -0.1) is 0 Å². The summed E-state index contributed by atoms with van der Waals surface area (Å²) >= 11 is 5.62. The van der Waals surface area contributed by atoms with Crippen LogP contribution < -0.4 is 10.3 Å². The van der Waals surface area contributed by atoms with E-state index in [0.717, 1.165) is 24.5 Å². The molecule has 19 heavy (non-hydrogen) atoms. The molecule has 1 aromatic heterocycles. The van der Waals surface area contributed by atoms with Crippen LogP contribution >= 0.6 is 11.6 Å². The summed E-state index contributed by atoms with van der Waals surface area (Å²) in [6.45, 7) is 0. The van der Waals surface area contributed by atoms with E-state index in [-0.39, 0.29) is 10.9 Å². The Hall–Kier alpha value is -2.48. The molecule has 1 heterocycles. The quantitative estimate of drug-likeness (QED) is 0.689. The van der Waals surface area contributed by atoms with Crippen LogP contribution in [0.1, 0.15) is 0 Å². The lowest BCUT2D eigenvalue weighted by atomic mass is 10.3. The van der Waals surface area contributed by atoms with Crippen molar-refractivity contribution >= 4 is 17.3 Å². The van der Waals surface area contributed by atoms with Crippen LogP contribution in [0.3, 0.4) is 0 Å². The molecule has 0 bridgehead atoms. The number of aromatic nitrogens is 2. The Morgan fingerprint density at radius 3 is 2.89 bits per heavy atom. The number of ether oxygens (including phenoxy) is 1. The highest BCUT2D eigenvalue weighted by atomic mass is 35.5. The van der Waals surface area contributed by atoms with Crippen LogP contribution in [0.4, 0.5) is 10.1 Å². The predicted molar refractivity (Wildman–Crippen MR) is 63.0 cm³/mol. The maximum absolute atomic E-state index is 13.1. The Labute approximate surface area is 109 Å². The number of benzene rings is 1. The van der Waals surface area contributed by atoms with Crippen LogP contribution in [0.15, 0.2) is 29.3 Å². The van der Waals surface area contributed by atoms with E-state index in [2.05, 4.69) is 9.97 Å². The lowest BCUT2D eigenvalue weighted by molar-refractivity contribution is -0.385. The van der Waals surface area contributed by atoms with Crippen molar-refractivity contribution in [1.29, 1.82) is 0 Å². The fourth-order valence-electron chi connectivity index (χ4n) is 1.26. The van der Waals surface area contributed by atoms with Gasteiger partial charge >= 0.3 is 5.69 Å². The number of H-pyrrole nitrogens is 1. The number of aromatic amines is 1. The van der Waals surface area contributed by atoms with E-state index in [1.54, 1.807) is 0 Å². The van der Waals surface area contributed by atoms with Gasteiger partial charge in [0.05, 0.1) is 11.3 Å². The van der Waals surface area contributed by atoms with E-state index in [4.69, 9.17) is 16.3 Å². The van der Waals surface area contributed by atoms with E-state index >= 15 is 0 Å². The first-order chi connectivity index (χ1) is 8.99. The van der Waals surface area contributed by atoms with Gasteiger partial charge in [-0.1, -0.05) is 11.6 Å². The van der Waals surface area contributed by atoms with Crippen LogP contribution in [0.5, 0.6) is 11.6 Å². The van der Waals surface area contributed by atoms with Crippen molar-refractivity contribution in [2.24, 2.45) is 0 Å². The van der Waals surface area contributed by atoms with Crippen molar-refractivity contribution in [1.82, 2.24) is 9.97 Å². The summed E-state index contributed by atoms with van der Waals surface area (Å²) in [5, 5.41) is 10.4. The predicted octanol–water partition coefficient (Wildman–Crippen LogP) is 2.26. The van der Waals surface area contributed by atoms with Gasteiger partial charge in [-0.05, 0) is 6.07 Å². The minimum absolute atomic E-state index is 0.348. The van der Waals surface area contributed by atoms with Crippen LogP contribution in [0.25, 0.3) is 0 Å². The maximum atomic E-state index is 13.1. The SMILES string of the molecule is O=c1[nH]cnc(Oc2cc(F)ccc2[N+](=O)[O-])c1Cl. The Bertz CT molecular complexity index is 703. The molecule has 1 aromatic carbocycles. The first-order valence-electron chi connectivity index (χ1n) is 4.84. The number of nitro benzene ring substituents is 1. The van der Waals surface area contributed by atoms with Crippen LogP contribution in [0.2, 0.25) is 5.02 Å². The van der Waals surface area contributed by atoms with Crippen LogP contribution in [-0.4, -0.2) is 14.9 Å². The molecule has 98 valence electrons. The molecule has 0 aliphatic rings. The smallest absolute Gasteiger partial charge is 0.311 e. The highest BCUT2D eigenvalue weighted by molar-refractivity contribution is 6.31. The third kappa shape index (κ3) is 2.68. The summed E-state index contributed by atoms with van der Waals surface area (Å²) in [5.74, 6) is -1.48. The number of hydrogen-bond acceptors (Lipinski definition) is 5. The van der Waals surface area contributed by atoms with Gasteiger partial charge in [-0.2, -0.15) is 0 Å². The minimum atomic E-state index is -0.754. The molecule has 7 nitrogen and oxygen atoms in total. The molecule has 1 N–H and O–H groups in total. The van der Waals surface area contributed by atoms with E-state index in [9.17, 15) is 19.3 Å². The number of nitrogens with zero attached hydrogens (tertiary/aromatic N) is 2. The first-order valence-corrected chi connectivity index (χ1v) is 5.22. The molecule has 0 radical (unpaired) electrons. The Balaban J connectivity index is 2.48. The van der Waals surface area contributed by atoms with Gasteiger partial charge in [-0.25, -0.2) is 9.37 Å². The standard InChI is InChI=1S/C10H5ClFN3O4/c11-8-9(16)13-4-14-10(8)19-7-3-5(12)1-2-6(7)15(17)18/h1-4H,(H,13,14,16). The van der Waals surface area contributed by atoms with Crippen molar-refractivity contribution in [2.45, 2.75) is 0 Å². The number of rotatable bonds is 3. The minimum Gasteiger partial charge on any atom is -0.430 e. The number of hydrogen-bond donors (Lipinski definition) is 1. The molecule has 2 rings (SSSR count). The average molecular weight is 286 g/mol. The van der Waals surface area contributed by atoms with E-state index < -0.39 is 27.7 Å². The summed E-state index contributed by atoms with van der Waals surface area (Å²) in [4.78, 5) is 27.0. The Kier molecular flexibility index (Phi) is 3.43. The van der Waals surface area contributed by atoms with Gasteiger partial charge in [0.2, 0.25) is 11.6 Å². The lowest BCUT2D eigenvalue weighted by Crippen LogP contribution is -2.08. The lowest BCUT2D eigenvalue weighted by Gasteiger charge is -2.05. The number of nitrogens with one attached hydrogen (secondary N) is 1. The second-order valence-corrected chi connectivity index (χ2v) is 3.70. The highest BCUT2D eigenvalue weighted by Gasteiger charge is 2.19. The van der Waals surface area contributed by atoms with Crippen molar-refractivity contribution in [2.75, 3.05) is 0 Å². The summed E-state index contributed by atoms with van der Waals surface area (Å²) in [5.41, 5.74) is -1.15. The zero-order valence-electron chi connectivity index (χ0n) is 9.09. The van der Waals surface area contributed by atoms with Gasteiger partial charge in [0.1, 0.15) is 5.82 Å². The molecule has 0 aliphatic heterocycles. The normalized spacial score (nSPS) is 10.2. The molecule has 0 unspecified atom stereocenters. The number of halogens is 2. The molecular weight excluding hydrogens is 281 g/mol. The Morgan fingerprint density at radius 2 is 2.21 bits per heavy atom. The van der Waals surface area contributed by atoms with Crippen molar-refractivity contribution < 1.29 is 14.1 Å². The molecule has 0 atom stereocenters. The molecular formula is C10H5ClFN3O4. The van der Waals surface area contributed by atoms with Gasteiger partial charge in [-0.3, -0.25) is 14.9 Å². The Morgan fingerprint density at radius 1 is 1.47 bits per heavy atom. The summed E-state index contributed by atoms with van der Waals surface area (Å²) in [6, 6.07) is 2.65. The summed E-state index contributed by atoms with van der Waals surface area (Å²) < 4.78 is 18.1. The second-order valence-electron chi connectivity index (χ2n) is 3.32. The molecule has 0 spiro atoms. The zero-order chi connectivity index (χ0) is 14.0. The topological polar surface area (TPSA) is 98.1 Å². The van der Waals surface area contributed by atoms with Gasteiger partial charge in [0.25, 0.3) is 5.56 Å². The zero-order valence-corrected chi connectivity index (χ0v) is 9.85. The third-order valence-corrected chi connectivity index (χ3v) is 2.42. The fourth-order valence-corrected chi connectivity index (χ4v) is 1.40. The summed E-state index contributed by atoms with van der Waals surface area (Å²) in [7, 11) is 0. The van der Waals surface area contributed by atoms with Gasteiger partial charge < -0.3 is 9.72 Å². The molecule has 0 aliphatic carbocycles. The monoisotopic (exact) mass is 285 g/mol. The van der Waals surface area contributed by atoms with E-state index in [0.29, 0.717) is 0 Å². The average Bonchev–Trinajstić information content (AvgIpc) is 2.35. The summed E-state index contributed by atoms with van der Waals surface area (Å²) in [6.07, 6.45) is 1.01. The molecule has 0 saturated heterocycles. The van der Waals surface area contributed by atoms with E-state index in [1.807, 2.05) is 0 Å². The molecule has 0 saturated carbocycles. The number of nitro groups is 1. The second kappa shape index (κ2) is 5.02. The largest absolute Gasteiger partial charge is 0.430 e. The maximum Gasteiger partial charge on any atom is 0.311 e. The fraction of sp³-hybridized carbons (Fsp3) is 0. The van der Waals surface area contributed by atoms with Crippen molar-refractivity contribution in [3.8, 4) is 11.6 Å². The third-order valence-electron chi connectivity index (χ3n) is 2.09. The first kappa shape index (κ1) is 13.0. The molecule has 0 amide bonds. The van der Waals surface area contributed by atoms with Crippen LogP contribution in [-0.2, 0) is 0 Å². The molecule has 9 heteroatoms. The molecule has 2 aromatic rings. The molecule has 0 fully saturated rings.